The standard InChI is InChI=1S/C20H26N2O4S/c23-19(15-6-2-1-3-7-15)22-17-9-5-4-8-16(17)14-18(22)20(24)21-10-12-27(25,26)13-11-21/h1-3,6-7,16-18H,4-5,8-14H2. The van der Waals surface area contributed by atoms with Crippen LogP contribution in [0.3, 0.4) is 0 Å². The molecule has 146 valence electrons. The molecule has 1 aromatic rings. The van der Waals surface area contributed by atoms with Crippen molar-refractivity contribution in [2.24, 2.45) is 5.92 Å². The van der Waals surface area contributed by atoms with Crippen LogP contribution < -0.4 is 0 Å². The fourth-order valence-corrected chi connectivity index (χ4v) is 6.05. The topological polar surface area (TPSA) is 74.8 Å². The second-order valence-corrected chi connectivity index (χ2v) is 10.2. The van der Waals surface area contributed by atoms with E-state index in [2.05, 4.69) is 0 Å². The number of nitrogens with zero attached hydrogens (tertiary/aromatic N) is 2. The highest BCUT2D eigenvalue weighted by molar-refractivity contribution is 7.91. The lowest BCUT2D eigenvalue weighted by Crippen LogP contribution is -2.53. The molecular formula is C20H26N2O4S. The Morgan fingerprint density at radius 1 is 0.963 bits per heavy atom. The molecule has 0 N–H and O–H groups in total. The third kappa shape index (κ3) is 3.61. The minimum Gasteiger partial charge on any atom is -0.339 e. The highest BCUT2D eigenvalue weighted by Gasteiger charge is 2.48. The molecule has 4 rings (SSSR count). The molecule has 2 saturated heterocycles. The fraction of sp³-hybridized carbons (Fsp3) is 0.600. The molecule has 2 amide bonds. The van der Waals surface area contributed by atoms with E-state index in [-0.39, 0.29) is 42.5 Å². The molecule has 7 heteroatoms. The van der Waals surface area contributed by atoms with Crippen LogP contribution in [0.15, 0.2) is 30.3 Å². The summed E-state index contributed by atoms with van der Waals surface area (Å²) in [7, 11) is -3.04. The van der Waals surface area contributed by atoms with Crippen molar-refractivity contribution < 1.29 is 18.0 Å². The Kier molecular flexibility index (Phi) is 4.97. The first kappa shape index (κ1) is 18.5. The third-order valence-corrected chi connectivity index (χ3v) is 7.89. The zero-order chi connectivity index (χ0) is 19.0. The molecule has 0 aromatic heterocycles. The molecule has 3 unspecified atom stereocenters. The van der Waals surface area contributed by atoms with Crippen molar-refractivity contribution in [3.8, 4) is 0 Å². The Balaban J connectivity index is 1.59. The summed E-state index contributed by atoms with van der Waals surface area (Å²) < 4.78 is 23.4. The van der Waals surface area contributed by atoms with E-state index in [1.165, 1.54) is 0 Å². The molecule has 2 aliphatic heterocycles. The number of carbonyl (C=O) groups is 2. The van der Waals surface area contributed by atoms with Crippen LogP contribution >= 0.6 is 0 Å². The van der Waals surface area contributed by atoms with Gasteiger partial charge in [-0.25, -0.2) is 8.42 Å². The molecule has 3 atom stereocenters. The van der Waals surface area contributed by atoms with Gasteiger partial charge in [-0.2, -0.15) is 0 Å². The van der Waals surface area contributed by atoms with Crippen molar-refractivity contribution in [2.75, 3.05) is 24.6 Å². The van der Waals surface area contributed by atoms with E-state index in [0.717, 1.165) is 25.7 Å². The normalized spacial score (nSPS) is 30.0. The predicted octanol–water partition coefficient (Wildman–Crippen LogP) is 1.72. The molecule has 1 aliphatic carbocycles. The summed E-state index contributed by atoms with van der Waals surface area (Å²) in [6.45, 7) is 0.473. The molecule has 3 fully saturated rings. The summed E-state index contributed by atoms with van der Waals surface area (Å²) in [5.74, 6) is 0.251. The number of sulfone groups is 1. The van der Waals surface area contributed by atoms with E-state index in [1.54, 1.807) is 17.0 Å². The first-order valence-electron chi connectivity index (χ1n) is 9.83. The average Bonchev–Trinajstić information content (AvgIpc) is 3.07. The maximum atomic E-state index is 13.3. The van der Waals surface area contributed by atoms with Gasteiger partial charge in [0.25, 0.3) is 5.91 Å². The van der Waals surface area contributed by atoms with Gasteiger partial charge in [-0.1, -0.05) is 31.0 Å². The minimum absolute atomic E-state index is 0.0188. The van der Waals surface area contributed by atoms with Crippen molar-refractivity contribution in [1.29, 1.82) is 0 Å². The molecule has 0 spiro atoms. The molecule has 1 saturated carbocycles. The highest BCUT2D eigenvalue weighted by Crippen LogP contribution is 2.41. The Labute approximate surface area is 160 Å². The van der Waals surface area contributed by atoms with Crippen LogP contribution in [0.25, 0.3) is 0 Å². The Hall–Kier alpha value is -1.89. The van der Waals surface area contributed by atoms with Gasteiger partial charge in [-0.05, 0) is 37.3 Å². The Morgan fingerprint density at radius 2 is 1.63 bits per heavy atom. The number of fused-ring (bicyclic) bond motifs is 1. The van der Waals surface area contributed by atoms with Crippen molar-refractivity contribution in [3.05, 3.63) is 35.9 Å². The molecule has 0 radical (unpaired) electrons. The van der Waals surface area contributed by atoms with E-state index in [9.17, 15) is 18.0 Å². The highest BCUT2D eigenvalue weighted by atomic mass is 32.2. The number of hydrogen-bond donors (Lipinski definition) is 0. The van der Waals surface area contributed by atoms with Gasteiger partial charge in [0.2, 0.25) is 5.91 Å². The average molecular weight is 391 g/mol. The second-order valence-electron chi connectivity index (χ2n) is 7.92. The van der Waals surface area contributed by atoms with Crippen LogP contribution in [0.2, 0.25) is 0 Å². The number of amides is 2. The quantitative estimate of drug-likeness (QED) is 0.771. The summed E-state index contributed by atoms with van der Waals surface area (Å²) >= 11 is 0. The summed E-state index contributed by atoms with van der Waals surface area (Å²) in [5, 5.41) is 0. The van der Waals surface area contributed by atoms with Gasteiger partial charge >= 0.3 is 0 Å². The number of likely N-dealkylation sites (tertiary alicyclic amines) is 1. The predicted molar refractivity (Wildman–Crippen MR) is 102 cm³/mol. The first-order valence-corrected chi connectivity index (χ1v) is 11.7. The second kappa shape index (κ2) is 7.26. The first-order chi connectivity index (χ1) is 13.0. The van der Waals surface area contributed by atoms with Crippen LogP contribution in [0.1, 0.15) is 42.5 Å². The monoisotopic (exact) mass is 390 g/mol. The van der Waals surface area contributed by atoms with Gasteiger partial charge in [0.15, 0.2) is 9.84 Å². The van der Waals surface area contributed by atoms with Crippen LogP contribution in [-0.4, -0.2) is 66.7 Å². The number of carbonyl (C=O) groups excluding carboxylic acids is 2. The number of hydrogen-bond acceptors (Lipinski definition) is 4. The fourth-order valence-electron chi connectivity index (χ4n) is 4.85. The van der Waals surface area contributed by atoms with E-state index in [4.69, 9.17) is 0 Å². The molecule has 1 aromatic carbocycles. The molecule has 0 bridgehead atoms. The van der Waals surface area contributed by atoms with Crippen LogP contribution in [0.4, 0.5) is 0 Å². The van der Waals surface area contributed by atoms with Crippen molar-refractivity contribution in [1.82, 2.24) is 9.80 Å². The maximum Gasteiger partial charge on any atom is 0.254 e. The van der Waals surface area contributed by atoms with Crippen molar-refractivity contribution in [3.63, 3.8) is 0 Å². The molecule has 3 aliphatic rings. The van der Waals surface area contributed by atoms with Gasteiger partial charge in [0.05, 0.1) is 11.5 Å². The lowest BCUT2D eigenvalue weighted by molar-refractivity contribution is -0.135. The summed E-state index contributed by atoms with van der Waals surface area (Å²) in [6, 6.07) is 8.81. The van der Waals surface area contributed by atoms with Crippen molar-refractivity contribution in [2.45, 2.75) is 44.2 Å². The maximum absolute atomic E-state index is 13.3. The summed E-state index contributed by atoms with van der Waals surface area (Å²) in [5.41, 5.74) is 0.614. The molecule has 27 heavy (non-hydrogen) atoms. The lowest BCUT2D eigenvalue weighted by Gasteiger charge is -2.36. The largest absolute Gasteiger partial charge is 0.339 e. The van der Waals surface area contributed by atoms with Gasteiger partial charge in [0, 0.05) is 24.7 Å². The van der Waals surface area contributed by atoms with E-state index >= 15 is 0 Å². The van der Waals surface area contributed by atoms with Gasteiger partial charge in [-0.15, -0.1) is 0 Å². The molecular weight excluding hydrogens is 364 g/mol. The van der Waals surface area contributed by atoms with Crippen LogP contribution in [-0.2, 0) is 14.6 Å². The van der Waals surface area contributed by atoms with Crippen LogP contribution in [0.5, 0.6) is 0 Å². The van der Waals surface area contributed by atoms with Crippen molar-refractivity contribution >= 4 is 21.7 Å². The zero-order valence-corrected chi connectivity index (χ0v) is 16.2. The van der Waals surface area contributed by atoms with Gasteiger partial charge in [-0.3, -0.25) is 9.59 Å². The summed E-state index contributed by atoms with van der Waals surface area (Å²) in [4.78, 5) is 30.0. The van der Waals surface area contributed by atoms with E-state index in [0.29, 0.717) is 17.9 Å². The zero-order valence-electron chi connectivity index (χ0n) is 15.4. The number of rotatable bonds is 2. The Bertz CT molecular complexity index is 810. The summed E-state index contributed by atoms with van der Waals surface area (Å²) in [6.07, 6.45) is 4.94. The Morgan fingerprint density at radius 3 is 2.33 bits per heavy atom. The smallest absolute Gasteiger partial charge is 0.254 e. The van der Waals surface area contributed by atoms with Gasteiger partial charge < -0.3 is 9.80 Å². The SMILES string of the molecule is O=C(C1CC2CCCCC2N1C(=O)c1ccccc1)N1CCS(=O)(=O)CC1. The van der Waals surface area contributed by atoms with Gasteiger partial charge in [0.1, 0.15) is 6.04 Å². The number of benzene rings is 1. The van der Waals surface area contributed by atoms with E-state index < -0.39 is 15.9 Å². The third-order valence-electron chi connectivity index (χ3n) is 6.28. The molecule has 2 heterocycles. The van der Waals surface area contributed by atoms with Crippen LogP contribution in [0, 0.1) is 5.92 Å². The minimum atomic E-state index is -3.04. The van der Waals surface area contributed by atoms with E-state index in [1.807, 2.05) is 23.1 Å². The lowest BCUT2D eigenvalue weighted by atomic mass is 9.84. The molecule has 6 nitrogen and oxygen atoms in total.